The van der Waals surface area contributed by atoms with Gasteiger partial charge in [-0.15, -0.1) is 14.8 Å². The molecule has 0 bridgehead atoms. The Morgan fingerprint density at radius 1 is 1.11 bits per heavy atom. The van der Waals surface area contributed by atoms with Crippen molar-refractivity contribution in [2.24, 2.45) is 0 Å². The van der Waals surface area contributed by atoms with Crippen molar-refractivity contribution < 1.29 is 9.47 Å². The summed E-state index contributed by atoms with van der Waals surface area (Å²) in [5.74, 6) is 3.60. The molecule has 5 rings (SSSR count). The largest absolute Gasteiger partial charge is 0.493 e. The van der Waals surface area contributed by atoms with Gasteiger partial charge in [-0.25, -0.2) is 4.98 Å². The Bertz CT molecular complexity index is 991. The van der Waals surface area contributed by atoms with Gasteiger partial charge in [0, 0.05) is 38.4 Å². The molecule has 7 nitrogen and oxygen atoms in total. The molecule has 0 spiro atoms. The molecule has 0 atom stereocenters. The second-order valence-corrected chi connectivity index (χ2v) is 7.33. The maximum atomic E-state index is 6.21. The zero-order chi connectivity index (χ0) is 18.4. The van der Waals surface area contributed by atoms with Gasteiger partial charge in [0.05, 0.1) is 6.61 Å². The Hall–Kier alpha value is -2.83. The van der Waals surface area contributed by atoms with E-state index in [2.05, 4.69) is 45.2 Å². The third-order valence-electron chi connectivity index (χ3n) is 5.32. The van der Waals surface area contributed by atoms with E-state index < -0.39 is 0 Å². The van der Waals surface area contributed by atoms with Crippen LogP contribution in [-0.2, 0) is 6.42 Å². The summed E-state index contributed by atoms with van der Waals surface area (Å²) in [6.45, 7) is 6.58. The molecule has 2 aliphatic rings. The summed E-state index contributed by atoms with van der Waals surface area (Å²) in [6, 6.07) is 8.26. The summed E-state index contributed by atoms with van der Waals surface area (Å²) >= 11 is 0. The van der Waals surface area contributed by atoms with E-state index in [0.717, 1.165) is 73.3 Å². The number of hydrogen-bond donors (Lipinski definition) is 0. The first-order chi connectivity index (χ1) is 13.2. The minimum atomic E-state index is 0.221. The fourth-order valence-corrected chi connectivity index (χ4v) is 3.92. The van der Waals surface area contributed by atoms with Gasteiger partial charge in [0.25, 0.3) is 0 Å². The van der Waals surface area contributed by atoms with Crippen molar-refractivity contribution in [2.45, 2.75) is 39.2 Å². The number of fused-ring (bicyclic) bond motifs is 2. The first kappa shape index (κ1) is 16.4. The molecule has 1 aromatic carbocycles. The molecule has 7 heteroatoms. The van der Waals surface area contributed by atoms with E-state index in [9.17, 15) is 0 Å². The fourth-order valence-electron chi connectivity index (χ4n) is 3.92. The molecule has 1 fully saturated rings. The second-order valence-electron chi connectivity index (χ2n) is 7.33. The molecule has 2 aliphatic heterocycles. The maximum absolute atomic E-state index is 6.21. The monoisotopic (exact) mass is 365 g/mol. The summed E-state index contributed by atoms with van der Waals surface area (Å²) in [7, 11) is 0. The molecule has 2 aromatic heterocycles. The smallest absolute Gasteiger partial charge is 0.176 e. The van der Waals surface area contributed by atoms with E-state index >= 15 is 0 Å². The van der Waals surface area contributed by atoms with E-state index in [1.165, 1.54) is 5.56 Å². The number of anilines is 1. The second kappa shape index (κ2) is 6.40. The normalized spacial score (nSPS) is 17.2. The van der Waals surface area contributed by atoms with Crippen LogP contribution < -0.4 is 14.4 Å². The first-order valence-electron chi connectivity index (χ1n) is 9.54. The number of nitrogens with zero attached hydrogens (tertiary/aromatic N) is 5. The minimum Gasteiger partial charge on any atom is -0.493 e. The van der Waals surface area contributed by atoms with Crippen LogP contribution in [0.3, 0.4) is 0 Å². The van der Waals surface area contributed by atoms with Crippen LogP contribution in [0, 0.1) is 13.8 Å². The Balaban J connectivity index is 1.27. The summed E-state index contributed by atoms with van der Waals surface area (Å²) in [5, 5.41) is 9.02. The van der Waals surface area contributed by atoms with Gasteiger partial charge in [-0.2, -0.15) is 0 Å². The molecular formula is C20H23N5O2. The van der Waals surface area contributed by atoms with E-state index in [1.54, 1.807) is 4.63 Å². The minimum absolute atomic E-state index is 0.221. The van der Waals surface area contributed by atoms with Crippen LogP contribution in [0.25, 0.3) is 5.65 Å². The van der Waals surface area contributed by atoms with E-state index in [-0.39, 0.29) is 6.10 Å². The van der Waals surface area contributed by atoms with Crippen LogP contribution in [0.2, 0.25) is 0 Å². The van der Waals surface area contributed by atoms with Gasteiger partial charge in [0.1, 0.15) is 23.4 Å². The SMILES string of the molecule is Cc1nc2cc(C)c(N3CCC(Oc4ccc5c(c4)OCC5)CC3)nn2n1. The molecule has 27 heavy (non-hydrogen) atoms. The molecule has 0 aliphatic carbocycles. The van der Waals surface area contributed by atoms with Crippen LogP contribution in [0.4, 0.5) is 5.82 Å². The van der Waals surface area contributed by atoms with Gasteiger partial charge in [-0.3, -0.25) is 0 Å². The third kappa shape index (κ3) is 3.07. The van der Waals surface area contributed by atoms with Crippen molar-refractivity contribution >= 4 is 11.5 Å². The van der Waals surface area contributed by atoms with Gasteiger partial charge in [-0.1, -0.05) is 6.07 Å². The highest BCUT2D eigenvalue weighted by atomic mass is 16.5. The van der Waals surface area contributed by atoms with Crippen LogP contribution in [0.5, 0.6) is 11.5 Å². The summed E-state index contributed by atoms with van der Waals surface area (Å²) < 4.78 is 13.5. The van der Waals surface area contributed by atoms with Gasteiger partial charge in [-0.05, 0) is 37.1 Å². The van der Waals surface area contributed by atoms with Crippen molar-refractivity contribution in [3.63, 3.8) is 0 Å². The summed E-state index contributed by atoms with van der Waals surface area (Å²) in [5.41, 5.74) is 3.20. The molecule has 3 aromatic rings. The lowest BCUT2D eigenvalue weighted by Crippen LogP contribution is -2.39. The highest BCUT2D eigenvalue weighted by Gasteiger charge is 2.24. The lowest BCUT2D eigenvalue weighted by Gasteiger charge is -2.33. The zero-order valence-corrected chi connectivity index (χ0v) is 15.7. The van der Waals surface area contributed by atoms with Crippen LogP contribution in [0.15, 0.2) is 24.3 Å². The Morgan fingerprint density at radius 3 is 2.81 bits per heavy atom. The van der Waals surface area contributed by atoms with E-state index in [1.807, 2.05) is 13.0 Å². The lowest BCUT2D eigenvalue weighted by atomic mass is 10.1. The van der Waals surface area contributed by atoms with Crippen molar-refractivity contribution in [2.75, 3.05) is 24.6 Å². The molecule has 0 amide bonds. The topological polar surface area (TPSA) is 64.8 Å². The van der Waals surface area contributed by atoms with Crippen LogP contribution in [-0.4, -0.2) is 45.6 Å². The molecule has 0 N–H and O–H groups in total. The highest BCUT2D eigenvalue weighted by molar-refractivity contribution is 5.52. The standard InChI is InChI=1S/C20H23N5O2/c1-13-11-19-21-14(2)22-25(19)23-20(13)24-8-5-16(6-9-24)27-17-4-3-15-7-10-26-18(15)12-17/h3-4,11-12,16H,5-10H2,1-2H3. The number of benzene rings is 1. The maximum Gasteiger partial charge on any atom is 0.176 e. The van der Waals surface area contributed by atoms with Gasteiger partial charge >= 0.3 is 0 Å². The number of piperidine rings is 1. The molecule has 0 radical (unpaired) electrons. The van der Waals surface area contributed by atoms with Crippen LogP contribution in [0.1, 0.15) is 29.8 Å². The van der Waals surface area contributed by atoms with Crippen molar-refractivity contribution in [3.05, 3.63) is 41.2 Å². The van der Waals surface area contributed by atoms with Gasteiger partial charge in [0.15, 0.2) is 11.5 Å². The number of hydrogen-bond acceptors (Lipinski definition) is 6. The Morgan fingerprint density at radius 2 is 1.96 bits per heavy atom. The Labute approximate surface area is 157 Å². The molecule has 0 unspecified atom stereocenters. The van der Waals surface area contributed by atoms with Crippen LogP contribution >= 0.6 is 0 Å². The number of rotatable bonds is 3. The average molecular weight is 365 g/mol. The molecule has 140 valence electrons. The van der Waals surface area contributed by atoms with Crippen molar-refractivity contribution in [3.8, 4) is 11.5 Å². The highest BCUT2D eigenvalue weighted by Crippen LogP contribution is 2.31. The molecule has 4 heterocycles. The Kier molecular flexibility index (Phi) is 3.88. The van der Waals surface area contributed by atoms with Gasteiger partial charge < -0.3 is 14.4 Å². The van der Waals surface area contributed by atoms with Gasteiger partial charge in [0.2, 0.25) is 0 Å². The third-order valence-corrected chi connectivity index (χ3v) is 5.32. The fraction of sp³-hybridized carbons (Fsp3) is 0.450. The molecule has 0 saturated carbocycles. The van der Waals surface area contributed by atoms with Crippen molar-refractivity contribution in [1.29, 1.82) is 0 Å². The molecule has 1 saturated heterocycles. The van der Waals surface area contributed by atoms with E-state index in [0.29, 0.717) is 0 Å². The summed E-state index contributed by atoms with van der Waals surface area (Å²) in [4.78, 5) is 6.70. The quantitative estimate of drug-likeness (QED) is 0.711. The lowest BCUT2D eigenvalue weighted by molar-refractivity contribution is 0.170. The first-order valence-corrected chi connectivity index (χ1v) is 9.54. The van der Waals surface area contributed by atoms with E-state index in [4.69, 9.17) is 9.47 Å². The van der Waals surface area contributed by atoms with Crippen molar-refractivity contribution in [1.82, 2.24) is 19.8 Å². The molecular weight excluding hydrogens is 342 g/mol. The summed E-state index contributed by atoms with van der Waals surface area (Å²) in [6.07, 6.45) is 3.15. The number of ether oxygens (including phenoxy) is 2. The zero-order valence-electron chi connectivity index (χ0n) is 15.7. The number of aryl methyl sites for hydroxylation is 2. The average Bonchev–Trinajstić information content (AvgIpc) is 3.26. The number of aromatic nitrogens is 4. The predicted octanol–water partition coefficient (Wildman–Crippen LogP) is 2.72. The predicted molar refractivity (Wildman–Crippen MR) is 102 cm³/mol.